The quantitative estimate of drug-likeness (QED) is 0.862. The lowest BCUT2D eigenvalue weighted by atomic mass is 10.0. The SMILES string of the molecule is CN(C)c1ccc(CNC2(C)CCOC2)cc1. The molecular formula is C14H22N2O. The molecule has 0 aliphatic carbocycles. The van der Waals surface area contributed by atoms with E-state index >= 15 is 0 Å². The van der Waals surface area contributed by atoms with E-state index < -0.39 is 0 Å². The van der Waals surface area contributed by atoms with Crippen molar-refractivity contribution in [2.75, 3.05) is 32.2 Å². The Morgan fingerprint density at radius 2 is 2.00 bits per heavy atom. The molecule has 0 amide bonds. The van der Waals surface area contributed by atoms with E-state index in [9.17, 15) is 0 Å². The zero-order valence-electron chi connectivity index (χ0n) is 11.0. The van der Waals surface area contributed by atoms with Gasteiger partial charge in [0.2, 0.25) is 0 Å². The maximum atomic E-state index is 5.43. The fourth-order valence-electron chi connectivity index (χ4n) is 2.03. The van der Waals surface area contributed by atoms with Crippen molar-refractivity contribution in [1.82, 2.24) is 5.32 Å². The average molecular weight is 234 g/mol. The van der Waals surface area contributed by atoms with Crippen LogP contribution in [-0.4, -0.2) is 32.8 Å². The first kappa shape index (κ1) is 12.4. The number of hydrogen-bond donors (Lipinski definition) is 1. The lowest BCUT2D eigenvalue weighted by Gasteiger charge is -2.23. The maximum absolute atomic E-state index is 5.43. The van der Waals surface area contributed by atoms with E-state index in [0.717, 1.165) is 26.2 Å². The van der Waals surface area contributed by atoms with Gasteiger partial charge in [0.15, 0.2) is 0 Å². The van der Waals surface area contributed by atoms with Gasteiger partial charge in [0.05, 0.1) is 6.61 Å². The molecule has 3 nitrogen and oxygen atoms in total. The van der Waals surface area contributed by atoms with Crippen LogP contribution in [0.3, 0.4) is 0 Å². The minimum atomic E-state index is 0.153. The van der Waals surface area contributed by atoms with Gasteiger partial charge in [-0.25, -0.2) is 0 Å². The normalized spacial score (nSPS) is 23.9. The van der Waals surface area contributed by atoms with Crippen molar-refractivity contribution in [2.45, 2.75) is 25.4 Å². The summed E-state index contributed by atoms with van der Waals surface area (Å²) in [4.78, 5) is 2.11. The van der Waals surface area contributed by atoms with Crippen molar-refractivity contribution in [1.29, 1.82) is 0 Å². The summed E-state index contributed by atoms with van der Waals surface area (Å²) in [6.45, 7) is 4.84. The van der Waals surface area contributed by atoms with Crippen LogP contribution < -0.4 is 10.2 Å². The summed E-state index contributed by atoms with van der Waals surface area (Å²) >= 11 is 0. The molecule has 1 N–H and O–H groups in total. The van der Waals surface area contributed by atoms with E-state index in [1.807, 2.05) is 0 Å². The molecule has 3 heteroatoms. The van der Waals surface area contributed by atoms with Gasteiger partial charge in [-0.05, 0) is 31.0 Å². The Kier molecular flexibility index (Phi) is 3.69. The van der Waals surface area contributed by atoms with Crippen LogP contribution in [0, 0.1) is 0 Å². The molecule has 1 saturated heterocycles. The van der Waals surface area contributed by atoms with Gasteiger partial charge in [-0.2, -0.15) is 0 Å². The van der Waals surface area contributed by atoms with Crippen molar-refractivity contribution < 1.29 is 4.74 Å². The standard InChI is InChI=1S/C14H22N2O/c1-14(8-9-17-11-14)15-10-12-4-6-13(7-5-12)16(2)3/h4-7,15H,8-11H2,1-3H3. The predicted molar refractivity (Wildman–Crippen MR) is 71.4 cm³/mol. The molecule has 1 unspecified atom stereocenters. The zero-order valence-corrected chi connectivity index (χ0v) is 11.0. The highest BCUT2D eigenvalue weighted by molar-refractivity contribution is 5.45. The molecule has 2 rings (SSSR count). The molecule has 0 aromatic heterocycles. The van der Waals surface area contributed by atoms with Crippen LogP contribution >= 0.6 is 0 Å². The molecule has 0 bridgehead atoms. The molecule has 1 aromatic carbocycles. The van der Waals surface area contributed by atoms with Gasteiger partial charge in [-0.3, -0.25) is 0 Å². The smallest absolute Gasteiger partial charge is 0.0646 e. The molecule has 1 fully saturated rings. The second kappa shape index (κ2) is 5.07. The topological polar surface area (TPSA) is 24.5 Å². The van der Waals surface area contributed by atoms with Gasteiger partial charge in [0.1, 0.15) is 0 Å². The summed E-state index contributed by atoms with van der Waals surface area (Å²) in [6.07, 6.45) is 1.10. The third kappa shape index (κ3) is 3.20. The Bertz CT molecular complexity index is 353. The Morgan fingerprint density at radius 1 is 1.29 bits per heavy atom. The summed E-state index contributed by atoms with van der Waals surface area (Å²) in [5.74, 6) is 0. The minimum Gasteiger partial charge on any atom is -0.379 e. The van der Waals surface area contributed by atoms with E-state index in [0.29, 0.717) is 0 Å². The summed E-state index contributed by atoms with van der Waals surface area (Å²) in [6, 6.07) is 8.68. The number of ether oxygens (including phenoxy) is 1. The highest BCUT2D eigenvalue weighted by atomic mass is 16.5. The third-order valence-electron chi connectivity index (χ3n) is 3.39. The van der Waals surface area contributed by atoms with Gasteiger partial charge in [-0.1, -0.05) is 12.1 Å². The van der Waals surface area contributed by atoms with Gasteiger partial charge in [-0.15, -0.1) is 0 Å². The predicted octanol–water partition coefficient (Wildman–Crippen LogP) is 2.02. The second-order valence-electron chi connectivity index (χ2n) is 5.28. The van der Waals surface area contributed by atoms with E-state index in [1.54, 1.807) is 0 Å². The molecule has 1 aliphatic heterocycles. The van der Waals surface area contributed by atoms with E-state index in [1.165, 1.54) is 11.3 Å². The lowest BCUT2D eigenvalue weighted by molar-refractivity contribution is 0.171. The number of rotatable bonds is 4. The molecule has 17 heavy (non-hydrogen) atoms. The Labute approximate surface area is 104 Å². The van der Waals surface area contributed by atoms with Crippen LogP contribution in [0.1, 0.15) is 18.9 Å². The molecule has 94 valence electrons. The van der Waals surface area contributed by atoms with Gasteiger partial charge in [0.25, 0.3) is 0 Å². The molecule has 0 radical (unpaired) electrons. The first-order chi connectivity index (χ1) is 8.09. The highest BCUT2D eigenvalue weighted by Crippen LogP contribution is 2.19. The van der Waals surface area contributed by atoms with Gasteiger partial charge < -0.3 is 15.0 Å². The van der Waals surface area contributed by atoms with Crippen LogP contribution in [-0.2, 0) is 11.3 Å². The number of anilines is 1. The fraction of sp³-hybridized carbons (Fsp3) is 0.571. The monoisotopic (exact) mass is 234 g/mol. The van der Waals surface area contributed by atoms with E-state index in [2.05, 4.69) is 55.5 Å². The molecule has 0 spiro atoms. The van der Waals surface area contributed by atoms with Crippen LogP contribution in [0.15, 0.2) is 24.3 Å². The lowest BCUT2D eigenvalue weighted by Crippen LogP contribution is -2.42. The fourth-order valence-corrected chi connectivity index (χ4v) is 2.03. The molecule has 1 aliphatic rings. The van der Waals surface area contributed by atoms with Gasteiger partial charge in [0, 0.05) is 38.5 Å². The number of nitrogens with zero attached hydrogens (tertiary/aromatic N) is 1. The number of hydrogen-bond acceptors (Lipinski definition) is 3. The van der Waals surface area contributed by atoms with Crippen LogP contribution in [0.25, 0.3) is 0 Å². The van der Waals surface area contributed by atoms with Crippen LogP contribution in [0.5, 0.6) is 0 Å². The van der Waals surface area contributed by atoms with Crippen molar-refractivity contribution in [3.63, 3.8) is 0 Å². The molecule has 1 aromatic rings. The summed E-state index contributed by atoms with van der Waals surface area (Å²) < 4.78 is 5.43. The van der Waals surface area contributed by atoms with Crippen molar-refractivity contribution in [3.05, 3.63) is 29.8 Å². The van der Waals surface area contributed by atoms with Crippen molar-refractivity contribution >= 4 is 5.69 Å². The third-order valence-corrected chi connectivity index (χ3v) is 3.39. The van der Waals surface area contributed by atoms with Crippen LogP contribution in [0.4, 0.5) is 5.69 Å². The van der Waals surface area contributed by atoms with E-state index in [4.69, 9.17) is 4.74 Å². The van der Waals surface area contributed by atoms with Crippen LogP contribution in [0.2, 0.25) is 0 Å². The highest BCUT2D eigenvalue weighted by Gasteiger charge is 2.28. The Balaban J connectivity index is 1.90. The molecule has 0 saturated carbocycles. The Hall–Kier alpha value is -1.06. The first-order valence-corrected chi connectivity index (χ1v) is 6.18. The maximum Gasteiger partial charge on any atom is 0.0646 e. The second-order valence-corrected chi connectivity index (χ2v) is 5.28. The summed E-state index contributed by atoms with van der Waals surface area (Å²) in [5.41, 5.74) is 2.72. The molecular weight excluding hydrogens is 212 g/mol. The number of benzene rings is 1. The minimum absolute atomic E-state index is 0.153. The van der Waals surface area contributed by atoms with Crippen molar-refractivity contribution in [3.8, 4) is 0 Å². The van der Waals surface area contributed by atoms with E-state index in [-0.39, 0.29) is 5.54 Å². The number of nitrogens with one attached hydrogen (secondary N) is 1. The van der Waals surface area contributed by atoms with Gasteiger partial charge >= 0.3 is 0 Å². The Morgan fingerprint density at radius 3 is 2.53 bits per heavy atom. The van der Waals surface area contributed by atoms with Crippen molar-refractivity contribution in [2.24, 2.45) is 0 Å². The summed E-state index contributed by atoms with van der Waals surface area (Å²) in [7, 11) is 4.12. The summed E-state index contributed by atoms with van der Waals surface area (Å²) in [5, 5.41) is 3.58. The largest absolute Gasteiger partial charge is 0.379 e. The first-order valence-electron chi connectivity index (χ1n) is 6.18. The average Bonchev–Trinajstić information content (AvgIpc) is 2.75. The molecule has 1 atom stereocenters. The zero-order chi connectivity index (χ0) is 12.3. The molecule has 1 heterocycles.